The molecule has 0 rings (SSSR count). The molecule has 2 radical (unpaired) electrons. The first-order valence-electron chi connectivity index (χ1n) is 2.24. The van der Waals surface area contributed by atoms with Gasteiger partial charge in [0, 0.05) is 0 Å². The molecule has 106 valence electrons. The Morgan fingerprint density at radius 1 is 0.529 bits per heavy atom. The molecule has 0 spiro atoms. The van der Waals surface area contributed by atoms with Crippen molar-refractivity contribution in [3.05, 3.63) is 0 Å². The van der Waals surface area contributed by atoms with Gasteiger partial charge >= 0.3 is 39.0 Å². The molecule has 0 aliphatic heterocycles. The van der Waals surface area contributed by atoms with Crippen LogP contribution in [0.1, 0.15) is 0 Å². The van der Waals surface area contributed by atoms with Crippen molar-refractivity contribution in [3.63, 3.8) is 0 Å². The molecule has 0 aromatic carbocycles. The van der Waals surface area contributed by atoms with Crippen molar-refractivity contribution in [1.29, 1.82) is 0 Å². The first-order valence-corrected chi connectivity index (χ1v) is 6.73. The Bertz CT molecular complexity index is 206. The third-order valence-electron chi connectivity index (χ3n) is 0. The van der Waals surface area contributed by atoms with E-state index in [1.54, 1.807) is 0 Å². The van der Waals surface area contributed by atoms with E-state index >= 15 is 0 Å². The Morgan fingerprint density at radius 3 is 0.529 bits per heavy atom. The number of hydrogen-bond acceptors (Lipinski definition) is 9. The minimum atomic E-state index is -5.14. The summed E-state index contributed by atoms with van der Waals surface area (Å²) < 4.78 is 26.0. The molecule has 0 aliphatic carbocycles. The van der Waals surface area contributed by atoms with Gasteiger partial charge in [-0.25, -0.2) is 0 Å². The smallest absolute Gasteiger partial charge is 0.790 e. The Kier molecular flexibility index (Phi) is 23.1. The van der Waals surface area contributed by atoms with E-state index in [-0.39, 0.29) is 39.0 Å². The van der Waals surface area contributed by atoms with E-state index in [4.69, 9.17) is 57.7 Å². The first-order chi connectivity index (χ1) is 6.00. The van der Waals surface area contributed by atoms with Gasteiger partial charge in [-0.1, -0.05) is 0 Å². The largest absolute Gasteiger partial charge is 3.00 e. The van der Waals surface area contributed by atoms with Crippen LogP contribution in [0, 0.1) is 0 Å². The van der Waals surface area contributed by atoms with Crippen molar-refractivity contribution >= 4 is 23.5 Å². The Balaban J connectivity index is -0.0000000400. The topological polar surface area (TPSA) is 250 Å². The monoisotopic (exact) mass is 492 g/mol. The molecule has 3 N–H and O–H groups in total. The zero-order chi connectivity index (χ0) is 13.5. The summed E-state index contributed by atoms with van der Waals surface area (Å²) in [5.74, 6) is 0. The van der Waals surface area contributed by atoms with Crippen LogP contribution in [0.25, 0.3) is 0 Å². The van der Waals surface area contributed by atoms with Gasteiger partial charge in [0.05, 0.1) is 23.5 Å². The Morgan fingerprint density at radius 2 is 0.529 bits per heavy atom. The molecule has 0 aromatic rings. The van der Waals surface area contributed by atoms with Crippen LogP contribution in [-0.2, 0) is 52.7 Å². The maximum Gasteiger partial charge on any atom is 3.00 e. The van der Waals surface area contributed by atoms with Crippen LogP contribution in [0.4, 0.5) is 0 Å². The molecule has 0 fully saturated rings. The molecular formula is H3O12P3Ru2. The number of phosphoric acid groups is 3. The molecule has 0 aliphatic rings. The molecule has 0 atom stereocenters. The van der Waals surface area contributed by atoms with Crippen molar-refractivity contribution in [2.24, 2.45) is 0 Å². The van der Waals surface area contributed by atoms with Gasteiger partial charge in [-0.3, -0.25) is 0 Å². The van der Waals surface area contributed by atoms with Gasteiger partial charge < -0.3 is 57.7 Å². The number of rotatable bonds is 0. The van der Waals surface area contributed by atoms with Crippen molar-refractivity contribution < 1.29 is 96.7 Å². The normalized spacial score (nSPS) is 10.4. The SMILES string of the molecule is O=P([O-])([O-])O.O=P([O-])([O-])O.O=P([O-])([O-])O.[Ru+3].[Ru+3]. The maximum absolute atomic E-state index is 8.66. The van der Waals surface area contributed by atoms with Crippen LogP contribution in [0.5, 0.6) is 0 Å². The van der Waals surface area contributed by atoms with Crippen LogP contribution >= 0.6 is 23.5 Å². The van der Waals surface area contributed by atoms with E-state index in [1.807, 2.05) is 0 Å². The zero-order valence-electron chi connectivity index (χ0n) is 7.06. The van der Waals surface area contributed by atoms with Gasteiger partial charge in [0.2, 0.25) is 0 Å². The quantitative estimate of drug-likeness (QED) is 0.212. The second-order valence-electron chi connectivity index (χ2n) is 1.41. The van der Waals surface area contributed by atoms with Gasteiger partial charge in [0.25, 0.3) is 0 Å². The Hall–Kier alpha value is 1.58. The first kappa shape index (κ1) is 31.1. The summed E-state index contributed by atoms with van der Waals surface area (Å²) in [7, 11) is -15.4. The molecule has 0 aromatic heterocycles. The standard InChI is InChI=1S/3H3O4P.2Ru/c3*1-5(2,3)4;;/h3*(H3,1,2,3,4);;/q;;;2*+3/p-6. The fourth-order valence-corrected chi connectivity index (χ4v) is 0. The van der Waals surface area contributed by atoms with E-state index in [0.717, 1.165) is 0 Å². The fourth-order valence-electron chi connectivity index (χ4n) is 0. The van der Waals surface area contributed by atoms with E-state index < -0.39 is 23.5 Å². The summed E-state index contributed by atoms with van der Waals surface area (Å²) >= 11 is 0. The van der Waals surface area contributed by atoms with Crippen LogP contribution in [0.15, 0.2) is 0 Å². The molecular weight excluding hydrogens is 487 g/mol. The average molecular weight is 490 g/mol. The molecule has 0 saturated heterocycles. The third kappa shape index (κ3) is 1720. The fraction of sp³-hybridized carbons (Fsp3) is 0. The predicted molar refractivity (Wildman–Crippen MR) is 29.5 cm³/mol. The van der Waals surface area contributed by atoms with Crippen LogP contribution in [-0.4, -0.2) is 14.7 Å². The van der Waals surface area contributed by atoms with E-state index in [2.05, 4.69) is 0 Å². The minimum absolute atomic E-state index is 0. The molecule has 0 heterocycles. The molecule has 0 amide bonds. The van der Waals surface area contributed by atoms with Gasteiger partial charge in [-0.2, -0.15) is 0 Å². The predicted octanol–water partition coefficient (Wildman–Crippen LogP) is -6.58. The minimum Gasteiger partial charge on any atom is -0.790 e. The van der Waals surface area contributed by atoms with E-state index in [1.165, 1.54) is 0 Å². The van der Waals surface area contributed by atoms with Crippen molar-refractivity contribution in [3.8, 4) is 0 Å². The van der Waals surface area contributed by atoms with Crippen LogP contribution in [0.2, 0.25) is 0 Å². The van der Waals surface area contributed by atoms with Crippen molar-refractivity contribution in [2.75, 3.05) is 0 Å². The summed E-state index contributed by atoms with van der Waals surface area (Å²) in [5, 5.41) is 0. The maximum atomic E-state index is 8.66. The summed E-state index contributed by atoms with van der Waals surface area (Å²) in [4.78, 5) is 72.9. The van der Waals surface area contributed by atoms with E-state index in [9.17, 15) is 0 Å². The Labute approximate surface area is 120 Å². The molecule has 12 nitrogen and oxygen atoms in total. The summed E-state index contributed by atoms with van der Waals surface area (Å²) in [6.45, 7) is 0. The second kappa shape index (κ2) is 12.6. The third-order valence-corrected chi connectivity index (χ3v) is 0. The summed E-state index contributed by atoms with van der Waals surface area (Å²) in [5.41, 5.74) is 0. The van der Waals surface area contributed by atoms with Crippen molar-refractivity contribution in [1.82, 2.24) is 0 Å². The number of hydrogen-bond donors (Lipinski definition) is 3. The van der Waals surface area contributed by atoms with E-state index in [0.29, 0.717) is 0 Å². The van der Waals surface area contributed by atoms with Crippen LogP contribution in [0.3, 0.4) is 0 Å². The van der Waals surface area contributed by atoms with Gasteiger partial charge in [-0.15, -0.1) is 0 Å². The molecule has 17 heavy (non-hydrogen) atoms. The second-order valence-corrected chi connectivity index (χ2v) is 4.22. The summed E-state index contributed by atoms with van der Waals surface area (Å²) in [6.07, 6.45) is 0. The average Bonchev–Trinajstić information content (AvgIpc) is 1.41. The molecule has 0 unspecified atom stereocenters. The zero-order valence-corrected chi connectivity index (χ0v) is 13.2. The van der Waals surface area contributed by atoms with Gasteiger partial charge in [0.15, 0.2) is 0 Å². The van der Waals surface area contributed by atoms with Crippen molar-refractivity contribution in [2.45, 2.75) is 0 Å². The van der Waals surface area contributed by atoms with Crippen LogP contribution < -0.4 is 29.4 Å². The van der Waals surface area contributed by atoms with Gasteiger partial charge in [0.1, 0.15) is 0 Å². The molecule has 0 saturated carbocycles. The van der Waals surface area contributed by atoms with Gasteiger partial charge in [-0.05, 0) is 0 Å². The molecule has 0 bridgehead atoms. The molecule has 17 heteroatoms. The summed E-state index contributed by atoms with van der Waals surface area (Å²) in [6, 6.07) is 0.